The van der Waals surface area contributed by atoms with Crippen molar-refractivity contribution in [2.75, 3.05) is 4.90 Å². The van der Waals surface area contributed by atoms with E-state index in [9.17, 15) is 0 Å². The molecule has 2 heteroatoms. The van der Waals surface area contributed by atoms with E-state index in [2.05, 4.69) is 216 Å². The zero-order valence-corrected chi connectivity index (χ0v) is 28.5. The summed E-state index contributed by atoms with van der Waals surface area (Å²) in [6, 6.07) is 74.6. The van der Waals surface area contributed by atoms with Gasteiger partial charge in [-0.05, 0) is 99.1 Å². The maximum Gasteiger partial charge on any atom is 0.0619 e. The van der Waals surface area contributed by atoms with Crippen LogP contribution in [0.2, 0.25) is 0 Å². The first-order valence-corrected chi connectivity index (χ1v) is 17.8. The summed E-state index contributed by atoms with van der Waals surface area (Å²) < 4.78 is 2.44. The molecule has 2 nitrogen and oxygen atoms in total. The summed E-state index contributed by atoms with van der Waals surface area (Å²) in [5.74, 6) is 0. The molecule has 0 radical (unpaired) electrons. The number of hydrogen-bond acceptors (Lipinski definition) is 1. The highest BCUT2D eigenvalue weighted by molar-refractivity contribution is 6.18. The molecule has 10 aromatic rings. The summed E-state index contributed by atoms with van der Waals surface area (Å²) in [6.07, 6.45) is 0. The number of hydrogen-bond donors (Lipinski definition) is 0. The molecule has 0 saturated heterocycles. The lowest BCUT2D eigenvalue weighted by Gasteiger charge is -2.26. The van der Waals surface area contributed by atoms with Crippen molar-refractivity contribution in [1.29, 1.82) is 0 Å². The molecule has 1 aromatic heterocycles. The van der Waals surface area contributed by atoms with Gasteiger partial charge in [-0.15, -0.1) is 0 Å². The van der Waals surface area contributed by atoms with Crippen molar-refractivity contribution in [3.8, 4) is 27.9 Å². The lowest BCUT2D eigenvalue weighted by Crippen LogP contribution is -2.09. The molecule has 0 spiro atoms. The number of fused-ring (bicyclic) bond motifs is 6. The molecule has 52 heavy (non-hydrogen) atoms. The van der Waals surface area contributed by atoms with Gasteiger partial charge in [-0.3, -0.25) is 0 Å². The van der Waals surface area contributed by atoms with Gasteiger partial charge in [-0.25, -0.2) is 0 Å². The minimum atomic E-state index is 1.11. The quantitative estimate of drug-likeness (QED) is 0.172. The van der Waals surface area contributed by atoms with Crippen LogP contribution in [0.5, 0.6) is 0 Å². The average molecular weight is 663 g/mol. The first-order chi connectivity index (χ1) is 25.8. The van der Waals surface area contributed by atoms with Crippen molar-refractivity contribution < 1.29 is 0 Å². The predicted molar refractivity (Wildman–Crippen MR) is 221 cm³/mol. The van der Waals surface area contributed by atoms with Gasteiger partial charge in [-0.1, -0.05) is 146 Å². The molecule has 0 amide bonds. The lowest BCUT2D eigenvalue weighted by molar-refractivity contribution is 1.19. The van der Waals surface area contributed by atoms with E-state index < -0.39 is 0 Å². The third-order valence-electron chi connectivity index (χ3n) is 10.3. The molecule has 10 rings (SSSR count). The fourth-order valence-corrected chi connectivity index (χ4v) is 7.81. The Morgan fingerprint density at radius 1 is 0.308 bits per heavy atom. The minimum Gasteiger partial charge on any atom is -0.311 e. The van der Waals surface area contributed by atoms with Crippen molar-refractivity contribution in [1.82, 2.24) is 4.57 Å². The molecular formula is C50H34N2. The van der Waals surface area contributed by atoms with E-state index in [0.717, 1.165) is 17.1 Å². The van der Waals surface area contributed by atoms with Crippen molar-refractivity contribution >= 4 is 60.4 Å². The van der Waals surface area contributed by atoms with Gasteiger partial charge >= 0.3 is 0 Å². The van der Waals surface area contributed by atoms with Crippen LogP contribution in [0, 0.1) is 0 Å². The van der Waals surface area contributed by atoms with Crippen LogP contribution >= 0.6 is 0 Å². The highest BCUT2D eigenvalue weighted by Crippen LogP contribution is 2.39. The van der Waals surface area contributed by atoms with Gasteiger partial charge < -0.3 is 9.47 Å². The molecule has 0 saturated carbocycles. The summed E-state index contributed by atoms with van der Waals surface area (Å²) in [7, 11) is 0. The second-order valence-corrected chi connectivity index (χ2v) is 13.4. The van der Waals surface area contributed by atoms with E-state index in [1.54, 1.807) is 0 Å². The van der Waals surface area contributed by atoms with Gasteiger partial charge in [0.2, 0.25) is 0 Å². The van der Waals surface area contributed by atoms with Crippen LogP contribution in [0.4, 0.5) is 17.1 Å². The monoisotopic (exact) mass is 662 g/mol. The molecular weight excluding hydrogens is 629 g/mol. The zero-order chi connectivity index (χ0) is 34.4. The third kappa shape index (κ3) is 5.12. The molecule has 0 N–H and O–H groups in total. The van der Waals surface area contributed by atoms with Gasteiger partial charge in [0, 0.05) is 38.9 Å². The maximum absolute atomic E-state index is 2.44. The highest BCUT2D eigenvalue weighted by atomic mass is 15.1. The van der Waals surface area contributed by atoms with Crippen LogP contribution in [0.3, 0.4) is 0 Å². The number of aromatic nitrogens is 1. The Labute approximate surface area is 303 Å². The van der Waals surface area contributed by atoms with E-state index in [1.807, 2.05) is 0 Å². The Hall–Kier alpha value is -6.90. The maximum atomic E-state index is 2.44. The molecule has 0 aliphatic rings. The highest BCUT2D eigenvalue weighted by Gasteiger charge is 2.16. The van der Waals surface area contributed by atoms with Gasteiger partial charge in [-0.2, -0.15) is 0 Å². The summed E-state index contributed by atoms with van der Waals surface area (Å²) in [4.78, 5) is 2.32. The average Bonchev–Trinajstić information content (AvgIpc) is 3.57. The first-order valence-electron chi connectivity index (χ1n) is 17.8. The Bertz CT molecular complexity index is 2870. The standard InChI is InChI=1S/C50H34N2/c1-3-11-35(12-4-1)36-21-27-43(28-22-36)51(42-14-5-2-6-15-42)44-29-23-37(24-30-44)40-20-19-38-25-31-45(34-41(38)33-40)52-49-18-10-9-17-47(49)48-32-26-39-13-7-8-16-46(39)50(48)52/h1-34H. The summed E-state index contributed by atoms with van der Waals surface area (Å²) in [5, 5.41) is 7.51. The summed E-state index contributed by atoms with van der Waals surface area (Å²) in [6.45, 7) is 0. The molecule has 0 atom stereocenters. The van der Waals surface area contributed by atoms with Crippen LogP contribution in [0.1, 0.15) is 0 Å². The number of anilines is 3. The molecule has 244 valence electrons. The minimum absolute atomic E-state index is 1.11. The van der Waals surface area contributed by atoms with Crippen molar-refractivity contribution in [3.05, 3.63) is 206 Å². The fraction of sp³-hybridized carbons (Fsp3) is 0. The number of para-hydroxylation sites is 2. The molecule has 0 fully saturated rings. The van der Waals surface area contributed by atoms with E-state index >= 15 is 0 Å². The Kier molecular flexibility index (Phi) is 7.18. The number of rotatable bonds is 6. The predicted octanol–water partition coefficient (Wildman–Crippen LogP) is 13.9. The van der Waals surface area contributed by atoms with Crippen LogP contribution in [0.15, 0.2) is 206 Å². The lowest BCUT2D eigenvalue weighted by atomic mass is 10.00. The third-order valence-corrected chi connectivity index (χ3v) is 10.3. The zero-order valence-electron chi connectivity index (χ0n) is 28.5. The number of nitrogens with zero attached hydrogens (tertiary/aromatic N) is 2. The molecule has 0 aliphatic heterocycles. The molecule has 0 aliphatic carbocycles. The van der Waals surface area contributed by atoms with E-state index in [1.165, 1.54) is 71.3 Å². The smallest absolute Gasteiger partial charge is 0.0619 e. The topological polar surface area (TPSA) is 8.17 Å². The first kappa shape index (κ1) is 30.0. The molecule has 0 unspecified atom stereocenters. The normalized spacial score (nSPS) is 11.5. The van der Waals surface area contributed by atoms with E-state index in [0.29, 0.717) is 0 Å². The van der Waals surface area contributed by atoms with Gasteiger partial charge in [0.1, 0.15) is 0 Å². The van der Waals surface area contributed by atoms with Crippen molar-refractivity contribution in [2.45, 2.75) is 0 Å². The van der Waals surface area contributed by atoms with E-state index in [4.69, 9.17) is 0 Å². The van der Waals surface area contributed by atoms with E-state index in [-0.39, 0.29) is 0 Å². The Morgan fingerprint density at radius 3 is 1.60 bits per heavy atom. The summed E-state index contributed by atoms with van der Waals surface area (Å²) >= 11 is 0. The SMILES string of the molecule is c1ccc(-c2ccc(N(c3ccccc3)c3ccc(-c4ccc5ccc(-n6c7ccccc7c7ccc8ccccc8c76)cc5c4)cc3)cc2)cc1. The summed E-state index contributed by atoms with van der Waals surface area (Å²) in [5.41, 5.74) is 11.8. The Balaban J connectivity index is 1.04. The van der Waals surface area contributed by atoms with Gasteiger partial charge in [0.25, 0.3) is 0 Å². The molecule has 1 heterocycles. The second-order valence-electron chi connectivity index (χ2n) is 13.4. The van der Waals surface area contributed by atoms with Crippen LogP contribution < -0.4 is 4.90 Å². The van der Waals surface area contributed by atoms with Crippen molar-refractivity contribution in [2.24, 2.45) is 0 Å². The van der Waals surface area contributed by atoms with Crippen LogP contribution in [0.25, 0.3) is 71.3 Å². The van der Waals surface area contributed by atoms with Gasteiger partial charge in [0.15, 0.2) is 0 Å². The van der Waals surface area contributed by atoms with Gasteiger partial charge in [0.05, 0.1) is 11.0 Å². The number of benzene rings is 9. The molecule has 9 aromatic carbocycles. The fourth-order valence-electron chi connectivity index (χ4n) is 7.81. The largest absolute Gasteiger partial charge is 0.311 e. The second kappa shape index (κ2) is 12.5. The van der Waals surface area contributed by atoms with Crippen LogP contribution in [-0.4, -0.2) is 4.57 Å². The van der Waals surface area contributed by atoms with Crippen LogP contribution in [-0.2, 0) is 0 Å². The molecule has 0 bridgehead atoms. The Morgan fingerprint density at radius 2 is 0.846 bits per heavy atom. The van der Waals surface area contributed by atoms with Crippen molar-refractivity contribution in [3.63, 3.8) is 0 Å².